The van der Waals surface area contributed by atoms with Crippen molar-refractivity contribution in [3.8, 4) is 0 Å². The van der Waals surface area contributed by atoms with E-state index in [0.717, 1.165) is 0 Å². The zero-order valence-electron chi connectivity index (χ0n) is 11.8. The van der Waals surface area contributed by atoms with Crippen LogP contribution in [0.25, 0.3) is 0 Å². The van der Waals surface area contributed by atoms with Gasteiger partial charge in [-0.15, -0.1) is 0 Å². The minimum Gasteiger partial charge on any atom is -0.448 e. The summed E-state index contributed by atoms with van der Waals surface area (Å²) in [5.74, 6) is -0.389. The van der Waals surface area contributed by atoms with Gasteiger partial charge in [-0.1, -0.05) is 18.2 Å². The van der Waals surface area contributed by atoms with Crippen molar-refractivity contribution in [3.63, 3.8) is 0 Å². The summed E-state index contributed by atoms with van der Waals surface area (Å²) in [7, 11) is 0. The van der Waals surface area contributed by atoms with Crippen molar-refractivity contribution in [1.82, 2.24) is 10.2 Å². The summed E-state index contributed by atoms with van der Waals surface area (Å²) in [6.45, 7) is 2.13. The van der Waals surface area contributed by atoms with Gasteiger partial charge in [-0.3, -0.25) is 4.79 Å². The van der Waals surface area contributed by atoms with Gasteiger partial charge in [0.2, 0.25) is 5.91 Å². The number of amides is 2. The Morgan fingerprint density at radius 2 is 2.19 bits per heavy atom. The average molecular weight is 294 g/mol. The van der Waals surface area contributed by atoms with Crippen molar-refractivity contribution >= 4 is 12.0 Å². The number of benzene rings is 1. The molecule has 1 aromatic carbocycles. The molecule has 1 fully saturated rings. The molecule has 1 aliphatic rings. The first kappa shape index (κ1) is 15.3. The number of ether oxygens (including phenoxy) is 1. The Morgan fingerprint density at radius 1 is 1.38 bits per heavy atom. The molecule has 21 heavy (non-hydrogen) atoms. The van der Waals surface area contributed by atoms with Crippen LogP contribution >= 0.6 is 0 Å². The topological polar surface area (TPSA) is 58.6 Å². The Labute approximate surface area is 123 Å². The van der Waals surface area contributed by atoms with Gasteiger partial charge in [0, 0.05) is 19.5 Å². The molecule has 0 radical (unpaired) electrons. The Balaban J connectivity index is 1.59. The van der Waals surface area contributed by atoms with E-state index in [0.29, 0.717) is 44.6 Å². The van der Waals surface area contributed by atoms with E-state index in [2.05, 4.69) is 5.32 Å². The largest absolute Gasteiger partial charge is 0.448 e. The van der Waals surface area contributed by atoms with Gasteiger partial charge in [0.05, 0.1) is 6.54 Å². The van der Waals surface area contributed by atoms with Crippen LogP contribution in [-0.4, -0.2) is 43.1 Å². The normalized spacial score (nSPS) is 14.1. The van der Waals surface area contributed by atoms with Crippen LogP contribution in [0.1, 0.15) is 18.4 Å². The first-order valence-electron chi connectivity index (χ1n) is 7.08. The maximum absolute atomic E-state index is 13.4. The zero-order chi connectivity index (χ0) is 15.1. The Hall–Kier alpha value is -2.11. The van der Waals surface area contributed by atoms with Gasteiger partial charge in [-0.05, 0) is 24.5 Å². The second kappa shape index (κ2) is 7.61. The van der Waals surface area contributed by atoms with Crippen molar-refractivity contribution in [1.29, 1.82) is 0 Å². The summed E-state index contributed by atoms with van der Waals surface area (Å²) in [6.07, 6.45) is 1.03. The molecule has 2 rings (SSSR count). The summed E-state index contributed by atoms with van der Waals surface area (Å²) in [5, 5.41) is 2.77. The van der Waals surface area contributed by atoms with Gasteiger partial charge < -0.3 is 15.0 Å². The lowest BCUT2D eigenvalue weighted by atomic mass is 10.1. The summed E-state index contributed by atoms with van der Waals surface area (Å²) in [5.41, 5.74) is 0.549. The van der Waals surface area contributed by atoms with Crippen LogP contribution < -0.4 is 5.32 Å². The molecule has 0 spiro atoms. The molecule has 114 valence electrons. The number of cyclic esters (lactones) is 1. The van der Waals surface area contributed by atoms with Crippen molar-refractivity contribution in [2.75, 3.05) is 26.2 Å². The van der Waals surface area contributed by atoms with Gasteiger partial charge in [-0.25, -0.2) is 9.18 Å². The van der Waals surface area contributed by atoms with Crippen LogP contribution in [0.2, 0.25) is 0 Å². The maximum Gasteiger partial charge on any atom is 0.409 e. The first-order valence-corrected chi connectivity index (χ1v) is 7.08. The SMILES string of the molecule is O=C(CCc1ccccc1F)NCCCN1CCOC1=O. The molecule has 0 saturated carbocycles. The van der Waals surface area contributed by atoms with E-state index < -0.39 is 0 Å². The number of rotatable bonds is 7. The molecule has 0 aliphatic carbocycles. The molecular formula is C15H19FN2O3. The minimum absolute atomic E-state index is 0.109. The molecule has 0 unspecified atom stereocenters. The van der Waals surface area contributed by atoms with Crippen LogP contribution in [0, 0.1) is 5.82 Å². The van der Waals surface area contributed by atoms with Crippen LogP contribution in [0.5, 0.6) is 0 Å². The second-order valence-electron chi connectivity index (χ2n) is 4.90. The maximum atomic E-state index is 13.4. The van der Waals surface area contributed by atoms with Gasteiger partial charge in [-0.2, -0.15) is 0 Å². The third-order valence-corrected chi connectivity index (χ3v) is 3.35. The van der Waals surface area contributed by atoms with Crippen molar-refractivity contribution in [2.24, 2.45) is 0 Å². The second-order valence-corrected chi connectivity index (χ2v) is 4.90. The van der Waals surface area contributed by atoms with Crippen LogP contribution in [0.3, 0.4) is 0 Å². The quantitative estimate of drug-likeness (QED) is 0.779. The lowest BCUT2D eigenvalue weighted by Gasteiger charge is -2.12. The van der Waals surface area contributed by atoms with E-state index in [1.54, 1.807) is 23.1 Å². The number of aryl methyl sites for hydroxylation is 1. The molecule has 2 amide bonds. The van der Waals surface area contributed by atoms with Gasteiger partial charge >= 0.3 is 6.09 Å². The number of carbonyl (C=O) groups excluding carboxylic acids is 2. The minimum atomic E-state index is -0.291. The highest BCUT2D eigenvalue weighted by atomic mass is 19.1. The summed E-state index contributed by atoms with van der Waals surface area (Å²) < 4.78 is 18.2. The molecule has 1 aromatic rings. The van der Waals surface area contributed by atoms with E-state index in [9.17, 15) is 14.0 Å². The molecule has 6 heteroatoms. The Kier molecular flexibility index (Phi) is 5.54. The number of nitrogens with zero attached hydrogens (tertiary/aromatic N) is 1. The number of hydrogen-bond donors (Lipinski definition) is 1. The van der Waals surface area contributed by atoms with E-state index in [1.807, 2.05) is 0 Å². The van der Waals surface area contributed by atoms with E-state index in [1.165, 1.54) is 6.07 Å². The molecule has 5 nitrogen and oxygen atoms in total. The monoisotopic (exact) mass is 294 g/mol. The smallest absolute Gasteiger partial charge is 0.409 e. The van der Waals surface area contributed by atoms with Gasteiger partial charge in [0.1, 0.15) is 12.4 Å². The molecule has 1 aliphatic heterocycles. The first-order chi connectivity index (χ1) is 10.2. The molecule has 1 N–H and O–H groups in total. The summed E-state index contributed by atoms with van der Waals surface area (Å²) >= 11 is 0. The zero-order valence-corrected chi connectivity index (χ0v) is 11.8. The van der Waals surface area contributed by atoms with E-state index in [-0.39, 0.29) is 24.2 Å². The van der Waals surface area contributed by atoms with Crippen LogP contribution in [0.15, 0.2) is 24.3 Å². The highest BCUT2D eigenvalue weighted by Crippen LogP contribution is 2.08. The summed E-state index contributed by atoms with van der Waals surface area (Å²) in [4.78, 5) is 24.4. The van der Waals surface area contributed by atoms with E-state index in [4.69, 9.17) is 4.74 Å². The van der Waals surface area contributed by atoms with E-state index >= 15 is 0 Å². The highest BCUT2D eigenvalue weighted by molar-refractivity contribution is 5.76. The number of carbonyl (C=O) groups is 2. The third kappa shape index (κ3) is 4.73. The molecular weight excluding hydrogens is 275 g/mol. The average Bonchev–Trinajstić information content (AvgIpc) is 2.88. The highest BCUT2D eigenvalue weighted by Gasteiger charge is 2.20. The molecule has 1 heterocycles. The van der Waals surface area contributed by atoms with Gasteiger partial charge in [0.15, 0.2) is 0 Å². The number of halogens is 1. The predicted molar refractivity (Wildman–Crippen MR) is 75.3 cm³/mol. The fourth-order valence-electron chi connectivity index (χ4n) is 2.16. The molecule has 1 saturated heterocycles. The third-order valence-electron chi connectivity index (χ3n) is 3.35. The Bertz CT molecular complexity index is 507. The number of hydrogen-bond acceptors (Lipinski definition) is 3. The summed E-state index contributed by atoms with van der Waals surface area (Å²) in [6, 6.07) is 6.46. The lowest BCUT2D eigenvalue weighted by molar-refractivity contribution is -0.121. The number of nitrogens with one attached hydrogen (secondary N) is 1. The van der Waals surface area contributed by atoms with Gasteiger partial charge in [0.25, 0.3) is 0 Å². The molecule has 0 bridgehead atoms. The fourth-order valence-corrected chi connectivity index (χ4v) is 2.16. The molecule has 0 aromatic heterocycles. The van der Waals surface area contributed by atoms with Crippen LogP contribution in [-0.2, 0) is 16.0 Å². The van der Waals surface area contributed by atoms with Crippen molar-refractivity contribution < 1.29 is 18.7 Å². The molecule has 0 atom stereocenters. The van der Waals surface area contributed by atoms with Crippen molar-refractivity contribution in [2.45, 2.75) is 19.3 Å². The lowest BCUT2D eigenvalue weighted by Crippen LogP contribution is -2.30. The Morgan fingerprint density at radius 3 is 2.90 bits per heavy atom. The fraction of sp³-hybridized carbons (Fsp3) is 0.467. The van der Waals surface area contributed by atoms with Crippen molar-refractivity contribution in [3.05, 3.63) is 35.6 Å². The predicted octanol–water partition coefficient (Wildman–Crippen LogP) is 1.72. The standard InChI is InChI=1S/C15H19FN2O3/c16-13-5-2-1-4-12(13)6-7-14(19)17-8-3-9-18-10-11-21-15(18)20/h1-2,4-5H,3,6-11H2,(H,17,19). The van der Waals surface area contributed by atoms with Crippen LogP contribution in [0.4, 0.5) is 9.18 Å².